The third-order valence-electron chi connectivity index (χ3n) is 4.23. The van der Waals surface area contributed by atoms with Gasteiger partial charge in [-0.1, -0.05) is 6.92 Å². The van der Waals surface area contributed by atoms with E-state index < -0.39 is 11.5 Å². The fraction of sp³-hybridized carbons (Fsp3) is 0.769. The fourth-order valence-corrected chi connectivity index (χ4v) is 3.04. The molecule has 0 aromatic carbocycles. The molecular weight excluding hydrogens is 262 g/mol. The van der Waals surface area contributed by atoms with Gasteiger partial charge in [0.25, 0.3) is 0 Å². The molecule has 0 radical (unpaired) electrons. The van der Waals surface area contributed by atoms with E-state index in [9.17, 15) is 19.5 Å². The van der Waals surface area contributed by atoms with Gasteiger partial charge < -0.3 is 20.2 Å². The Hall–Kier alpha value is -1.79. The van der Waals surface area contributed by atoms with Gasteiger partial charge in [0.1, 0.15) is 12.1 Å². The van der Waals surface area contributed by atoms with Gasteiger partial charge >= 0.3 is 12.0 Å². The molecule has 0 bridgehead atoms. The van der Waals surface area contributed by atoms with Gasteiger partial charge in [-0.15, -0.1) is 0 Å². The molecule has 2 saturated heterocycles. The monoisotopic (exact) mass is 283 g/mol. The molecular formula is C13H21N3O4. The Morgan fingerprint density at radius 2 is 2.10 bits per heavy atom. The largest absolute Gasteiger partial charge is 0.479 e. The second-order valence-electron chi connectivity index (χ2n) is 5.35. The minimum absolute atomic E-state index is 0.00868. The predicted octanol–water partition coefficient (Wildman–Crippen LogP) is 0.258. The number of carboxylic acid groups (broad SMARTS) is 1. The van der Waals surface area contributed by atoms with Crippen LogP contribution in [-0.2, 0) is 9.59 Å². The Kier molecular flexibility index (Phi) is 4.15. The Morgan fingerprint density at radius 1 is 1.35 bits per heavy atom. The van der Waals surface area contributed by atoms with E-state index in [0.29, 0.717) is 45.3 Å². The van der Waals surface area contributed by atoms with E-state index in [-0.39, 0.29) is 18.5 Å². The molecule has 2 aliphatic rings. The number of hydrogen-bond donors (Lipinski definition) is 2. The first-order chi connectivity index (χ1) is 9.51. The minimum Gasteiger partial charge on any atom is -0.479 e. The Balaban J connectivity index is 2.18. The quantitative estimate of drug-likeness (QED) is 0.760. The number of carbonyl (C=O) groups is 3. The van der Waals surface area contributed by atoms with E-state index in [0.717, 1.165) is 0 Å². The normalized spacial score (nSPS) is 27.1. The topological polar surface area (TPSA) is 89.9 Å². The summed E-state index contributed by atoms with van der Waals surface area (Å²) in [4.78, 5) is 38.6. The molecule has 7 heteroatoms. The summed E-state index contributed by atoms with van der Waals surface area (Å²) < 4.78 is 0. The SMILES string of the molecule is CCC1(C(=O)O)CCCN1C(=O)N1CCCNC(=O)C1. The lowest BCUT2D eigenvalue weighted by Gasteiger charge is -2.37. The number of rotatable bonds is 2. The van der Waals surface area contributed by atoms with Gasteiger partial charge in [0.05, 0.1) is 0 Å². The predicted molar refractivity (Wildman–Crippen MR) is 71.2 cm³/mol. The van der Waals surface area contributed by atoms with Crippen molar-refractivity contribution in [2.45, 2.75) is 38.1 Å². The van der Waals surface area contributed by atoms with Crippen molar-refractivity contribution >= 4 is 17.9 Å². The van der Waals surface area contributed by atoms with Crippen LogP contribution in [0.25, 0.3) is 0 Å². The minimum atomic E-state index is -1.11. The van der Waals surface area contributed by atoms with E-state index in [1.807, 2.05) is 0 Å². The zero-order chi connectivity index (χ0) is 14.8. The summed E-state index contributed by atoms with van der Waals surface area (Å²) in [7, 11) is 0. The van der Waals surface area contributed by atoms with Crippen LogP contribution in [0, 0.1) is 0 Å². The standard InChI is InChI=1S/C13H21N3O4/c1-2-13(11(18)19)5-3-8-16(13)12(20)15-7-4-6-14-10(17)9-15/h2-9H2,1H3,(H,14,17)(H,18,19). The highest BCUT2D eigenvalue weighted by atomic mass is 16.4. The van der Waals surface area contributed by atoms with Crippen LogP contribution in [0.2, 0.25) is 0 Å². The van der Waals surface area contributed by atoms with E-state index in [2.05, 4.69) is 5.32 Å². The van der Waals surface area contributed by atoms with Crippen LogP contribution in [0.5, 0.6) is 0 Å². The second kappa shape index (κ2) is 5.68. The lowest BCUT2D eigenvalue weighted by molar-refractivity contribution is -0.148. The van der Waals surface area contributed by atoms with E-state index in [1.54, 1.807) is 6.92 Å². The Labute approximate surface area is 117 Å². The van der Waals surface area contributed by atoms with Crippen molar-refractivity contribution in [3.8, 4) is 0 Å². The van der Waals surface area contributed by atoms with Crippen LogP contribution in [0.1, 0.15) is 32.6 Å². The number of likely N-dealkylation sites (tertiary alicyclic amines) is 1. The third-order valence-corrected chi connectivity index (χ3v) is 4.23. The lowest BCUT2D eigenvalue weighted by Crippen LogP contribution is -2.57. The molecule has 2 N–H and O–H groups in total. The maximum Gasteiger partial charge on any atom is 0.329 e. The first-order valence-corrected chi connectivity index (χ1v) is 7.08. The van der Waals surface area contributed by atoms with Gasteiger partial charge in [0, 0.05) is 19.6 Å². The van der Waals surface area contributed by atoms with E-state index >= 15 is 0 Å². The summed E-state index contributed by atoms with van der Waals surface area (Å²) in [6.07, 6.45) is 2.24. The first-order valence-electron chi connectivity index (χ1n) is 7.08. The van der Waals surface area contributed by atoms with Crippen LogP contribution < -0.4 is 5.32 Å². The van der Waals surface area contributed by atoms with Crippen LogP contribution in [-0.4, -0.2) is 64.5 Å². The molecule has 2 aliphatic heterocycles. The average molecular weight is 283 g/mol. The highest BCUT2D eigenvalue weighted by Gasteiger charge is 2.49. The summed E-state index contributed by atoms with van der Waals surface area (Å²) in [6, 6.07) is -0.330. The zero-order valence-corrected chi connectivity index (χ0v) is 11.7. The Morgan fingerprint density at radius 3 is 2.75 bits per heavy atom. The highest BCUT2D eigenvalue weighted by molar-refractivity contribution is 5.89. The summed E-state index contributed by atoms with van der Waals surface area (Å²) >= 11 is 0. The molecule has 20 heavy (non-hydrogen) atoms. The molecule has 3 amide bonds. The van der Waals surface area contributed by atoms with Crippen molar-refractivity contribution in [3.05, 3.63) is 0 Å². The smallest absolute Gasteiger partial charge is 0.329 e. The molecule has 0 aromatic heterocycles. The number of carboxylic acids is 1. The van der Waals surface area contributed by atoms with Gasteiger partial charge in [0.15, 0.2) is 0 Å². The number of urea groups is 1. The molecule has 0 saturated carbocycles. The van der Waals surface area contributed by atoms with Crippen molar-refractivity contribution in [2.75, 3.05) is 26.2 Å². The van der Waals surface area contributed by atoms with E-state index in [1.165, 1.54) is 9.80 Å². The van der Waals surface area contributed by atoms with Crippen molar-refractivity contribution < 1.29 is 19.5 Å². The van der Waals surface area contributed by atoms with Gasteiger partial charge in [-0.2, -0.15) is 0 Å². The molecule has 1 atom stereocenters. The molecule has 2 fully saturated rings. The molecule has 2 rings (SSSR count). The number of nitrogens with one attached hydrogen (secondary N) is 1. The maximum atomic E-state index is 12.6. The number of aliphatic carboxylic acids is 1. The van der Waals surface area contributed by atoms with Crippen molar-refractivity contribution in [1.82, 2.24) is 15.1 Å². The molecule has 0 aromatic rings. The van der Waals surface area contributed by atoms with E-state index in [4.69, 9.17) is 0 Å². The average Bonchev–Trinajstić information content (AvgIpc) is 2.75. The first kappa shape index (κ1) is 14.6. The van der Waals surface area contributed by atoms with Gasteiger partial charge in [-0.3, -0.25) is 4.79 Å². The van der Waals surface area contributed by atoms with Gasteiger partial charge in [-0.25, -0.2) is 9.59 Å². The van der Waals surface area contributed by atoms with Gasteiger partial charge in [-0.05, 0) is 25.7 Å². The molecule has 7 nitrogen and oxygen atoms in total. The summed E-state index contributed by atoms with van der Waals surface area (Å²) in [6.45, 7) is 3.27. The molecule has 0 aliphatic carbocycles. The fourth-order valence-electron chi connectivity index (χ4n) is 3.04. The number of carbonyl (C=O) groups excluding carboxylic acids is 2. The zero-order valence-electron chi connectivity index (χ0n) is 11.7. The van der Waals surface area contributed by atoms with Crippen LogP contribution >= 0.6 is 0 Å². The second-order valence-corrected chi connectivity index (χ2v) is 5.35. The summed E-state index contributed by atoms with van der Waals surface area (Å²) in [5.41, 5.74) is -1.11. The molecule has 1 unspecified atom stereocenters. The Bertz CT molecular complexity index is 426. The number of nitrogens with zero attached hydrogens (tertiary/aromatic N) is 2. The highest BCUT2D eigenvalue weighted by Crippen LogP contribution is 2.33. The van der Waals surface area contributed by atoms with Crippen molar-refractivity contribution in [3.63, 3.8) is 0 Å². The summed E-state index contributed by atoms with van der Waals surface area (Å²) in [5, 5.41) is 12.2. The van der Waals surface area contributed by atoms with Crippen molar-refractivity contribution in [2.24, 2.45) is 0 Å². The third kappa shape index (κ3) is 2.44. The van der Waals surface area contributed by atoms with Crippen LogP contribution in [0.15, 0.2) is 0 Å². The lowest BCUT2D eigenvalue weighted by atomic mass is 9.93. The number of amides is 3. The molecule has 0 spiro atoms. The number of hydrogen-bond acceptors (Lipinski definition) is 3. The maximum absolute atomic E-state index is 12.6. The van der Waals surface area contributed by atoms with Gasteiger partial charge in [0.2, 0.25) is 5.91 Å². The van der Waals surface area contributed by atoms with Crippen LogP contribution in [0.3, 0.4) is 0 Å². The molecule has 112 valence electrons. The summed E-state index contributed by atoms with van der Waals surface area (Å²) in [5.74, 6) is -1.14. The molecule has 2 heterocycles. The van der Waals surface area contributed by atoms with Crippen LogP contribution in [0.4, 0.5) is 4.79 Å². The van der Waals surface area contributed by atoms with Crippen molar-refractivity contribution in [1.29, 1.82) is 0 Å².